The van der Waals surface area contributed by atoms with Crippen LogP contribution in [0.1, 0.15) is 10.7 Å². The molecule has 162 valence electrons. The molecule has 4 aromatic rings. The molecule has 5 rings (SSSR count). The van der Waals surface area contributed by atoms with Crippen LogP contribution in [0.5, 0.6) is 0 Å². The molecule has 8 nitrogen and oxygen atoms in total. The lowest BCUT2D eigenvalue weighted by atomic mass is 10.1. The van der Waals surface area contributed by atoms with E-state index in [1.807, 2.05) is 47.4 Å². The predicted molar refractivity (Wildman–Crippen MR) is 119 cm³/mol. The van der Waals surface area contributed by atoms with Crippen molar-refractivity contribution in [2.45, 2.75) is 0 Å². The van der Waals surface area contributed by atoms with Crippen molar-refractivity contribution in [3.63, 3.8) is 0 Å². The lowest BCUT2D eigenvalue weighted by Gasteiger charge is -2.29. The maximum Gasteiger partial charge on any atom is 0.320 e. The van der Waals surface area contributed by atoms with E-state index in [1.54, 1.807) is 12.1 Å². The Balaban J connectivity index is 1.28. The van der Waals surface area contributed by atoms with Crippen LogP contribution >= 0.6 is 0 Å². The highest BCUT2D eigenvalue weighted by atomic mass is 19.1. The van der Waals surface area contributed by atoms with Gasteiger partial charge in [0.05, 0.1) is 24.6 Å². The van der Waals surface area contributed by atoms with E-state index < -0.39 is 11.7 Å². The molecule has 0 radical (unpaired) electrons. The fourth-order valence-electron chi connectivity index (χ4n) is 3.65. The summed E-state index contributed by atoms with van der Waals surface area (Å²) in [6.45, 7) is 2.36. The van der Waals surface area contributed by atoms with Crippen molar-refractivity contribution >= 4 is 39.8 Å². The van der Waals surface area contributed by atoms with Crippen LogP contribution in [0.3, 0.4) is 0 Å². The van der Waals surface area contributed by atoms with E-state index in [0.29, 0.717) is 37.7 Å². The molecule has 1 saturated heterocycles. The fourth-order valence-corrected chi connectivity index (χ4v) is 3.65. The molecule has 2 N–H and O–H groups in total. The molecule has 0 aliphatic carbocycles. The van der Waals surface area contributed by atoms with Crippen molar-refractivity contribution in [1.29, 1.82) is 0 Å². The standard InChI is InChI=1S/C23H20FN5O3/c24-18-14-16(8-9-20(18)29-10-12-31-13-11-29)25-21(30)22-27-28-23(32-22)26-19-7-3-5-15-4-1-2-6-17(15)19/h1-9,14H,10-13H2,(H,25,30)(H,26,28). The first-order valence-electron chi connectivity index (χ1n) is 10.2. The number of halogens is 1. The van der Waals surface area contributed by atoms with Crippen molar-refractivity contribution in [1.82, 2.24) is 10.2 Å². The molecule has 1 amide bonds. The van der Waals surface area contributed by atoms with E-state index in [9.17, 15) is 9.18 Å². The van der Waals surface area contributed by atoms with Gasteiger partial charge in [0.1, 0.15) is 5.82 Å². The first kappa shape index (κ1) is 20.0. The number of ether oxygens (including phenoxy) is 1. The summed E-state index contributed by atoms with van der Waals surface area (Å²) in [5, 5.41) is 15.4. The Morgan fingerprint density at radius 3 is 2.66 bits per heavy atom. The maximum atomic E-state index is 14.6. The minimum Gasteiger partial charge on any atom is -0.399 e. The number of benzene rings is 3. The van der Waals surface area contributed by atoms with Crippen LogP contribution in [0.2, 0.25) is 0 Å². The maximum absolute atomic E-state index is 14.6. The molecular weight excluding hydrogens is 413 g/mol. The molecule has 0 spiro atoms. The van der Waals surface area contributed by atoms with Gasteiger partial charge in [-0.3, -0.25) is 4.79 Å². The number of morpholine rings is 1. The van der Waals surface area contributed by atoms with Gasteiger partial charge in [0.25, 0.3) is 0 Å². The van der Waals surface area contributed by atoms with Gasteiger partial charge in [0.2, 0.25) is 0 Å². The minimum absolute atomic E-state index is 0.0837. The third kappa shape index (κ3) is 4.10. The number of hydrogen-bond acceptors (Lipinski definition) is 7. The highest BCUT2D eigenvalue weighted by Gasteiger charge is 2.18. The molecule has 32 heavy (non-hydrogen) atoms. The normalized spacial score (nSPS) is 13.8. The molecule has 2 heterocycles. The van der Waals surface area contributed by atoms with E-state index in [2.05, 4.69) is 20.8 Å². The Labute approximate surface area is 183 Å². The number of carbonyl (C=O) groups excluding carboxylic acids is 1. The van der Waals surface area contributed by atoms with Gasteiger partial charge in [-0.05, 0) is 29.7 Å². The molecule has 1 aliphatic heterocycles. The second kappa shape index (κ2) is 8.64. The predicted octanol–water partition coefficient (Wildman–Crippen LogP) is 4.19. The van der Waals surface area contributed by atoms with Gasteiger partial charge in [0, 0.05) is 24.2 Å². The lowest BCUT2D eigenvalue weighted by Crippen LogP contribution is -2.36. The summed E-state index contributed by atoms with van der Waals surface area (Å²) in [5.74, 6) is -1.28. The monoisotopic (exact) mass is 433 g/mol. The van der Waals surface area contributed by atoms with Gasteiger partial charge in [0.15, 0.2) is 0 Å². The molecule has 0 atom stereocenters. The molecule has 3 aromatic carbocycles. The quantitative estimate of drug-likeness (QED) is 0.487. The van der Waals surface area contributed by atoms with Crippen LogP contribution in [0.25, 0.3) is 10.8 Å². The van der Waals surface area contributed by atoms with Crippen molar-refractivity contribution < 1.29 is 18.3 Å². The third-order valence-corrected chi connectivity index (χ3v) is 5.21. The second-order valence-electron chi connectivity index (χ2n) is 7.28. The Kier molecular flexibility index (Phi) is 5.39. The van der Waals surface area contributed by atoms with Crippen molar-refractivity contribution in [3.05, 3.63) is 72.4 Å². The molecule has 0 saturated carbocycles. The zero-order chi connectivity index (χ0) is 21.9. The van der Waals surface area contributed by atoms with Gasteiger partial charge in [-0.15, -0.1) is 5.10 Å². The Morgan fingerprint density at radius 1 is 1.00 bits per heavy atom. The van der Waals surface area contributed by atoms with Crippen molar-refractivity contribution in [2.24, 2.45) is 0 Å². The average Bonchev–Trinajstić information content (AvgIpc) is 3.29. The zero-order valence-corrected chi connectivity index (χ0v) is 17.0. The lowest BCUT2D eigenvalue weighted by molar-refractivity contribution is 0.0991. The highest BCUT2D eigenvalue weighted by Crippen LogP contribution is 2.26. The zero-order valence-electron chi connectivity index (χ0n) is 17.0. The van der Waals surface area contributed by atoms with Gasteiger partial charge < -0.3 is 24.7 Å². The van der Waals surface area contributed by atoms with Crippen LogP contribution in [-0.2, 0) is 4.74 Å². The molecule has 1 aliphatic rings. The summed E-state index contributed by atoms with van der Waals surface area (Å²) >= 11 is 0. The molecule has 1 aromatic heterocycles. The molecular formula is C23H20FN5O3. The van der Waals surface area contributed by atoms with E-state index in [0.717, 1.165) is 16.5 Å². The molecule has 0 unspecified atom stereocenters. The van der Waals surface area contributed by atoms with Gasteiger partial charge >= 0.3 is 17.8 Å². The van der Waals surface area contributed by atoms with Gasteiger partial charge in [-0.25, -0.2) is 4.39 Å². The van der Waals surface area contributed by atoms with Crippen LogP contribution in [0, 0.1) is 5.82 Å². The van der Waals surface area contributed by atoms with Crippen LogP contribution in [0.4, 0.5) is 27.5 Å². The number of anilines is 4. The smallest absolute Gasteiger partial charge is 0.320 e. The third-order valence-electron chi connectivity index (χ3n) is 5.21. The topological polar surface area (TPSA) is 92.5 Å². The summed E-state index contributed by atoms with van der Waals surface area (Å²) in [6.07, 6.45) is 0. The Morgan fingerprint density at radius 2 is 1.81 bits per heavy atom. The number of nitrogens with one attached hydrogen (secondary N) is 2. The number of amides is 1. The SMILES string of the molecule is O=C(Nc1ccc(N2CCOCC2)c(F)c1)c1nnc(Nc2cccc3ccccc23)o1. The number of aromatic nitrogens is 2. The summed E-state index contributed by atoms with van der Waals surface area (Å²) in [4.78, 5) is 14.4. The summed E-state index contributed by atoms with van der Waals surface area (Å²) in [6, 6.07) is 18.3. The number of rotatable bonds is 5. The molecule has 0 bridgehead atoms. The van der Waals surface area contributed by atoms with Crippen molar-refractivity contribution in [3.8, 4) is 0 Å². The number of nitrogens with zero attached hydrogens (tertiary/aromatic N) is 3. The Hall–Kier alpha value is -3.98. The van der Waals surface area contributed by atoms with E-state index in [4.69, 9.17) is 9.15 Å². The van der Waals surface area contributed by atoms with Crippen LogP contribution in [-0.4, -0.2) is 42.4 Å². The van der Waals surface area contributed by atoms with E-state index >= 15 is 0 Å². The highest BCUT2D eigenvalue weighted by molar-refractivity contribution is 6.01. The van der Waals surface area contributed by atoms with Crippen LogP contribution in [0.15, 0.2) is 65.1 Å². The van der Waals surface area contributed by atoms with Gasteiger partial charge in [-0.1, -0.05) is 41.5 Å². The van der Waals surface area contributed by atoms with E-state index in [1.165, 1.54) is 6.07 Å². The van der Waals surface area contributed by atoms with Crippen molar-refractivity contribution in [2.75, 3.05) is 41.8 Å². The summed E-state index contributed by atoms with van der Waals surface area (Å²) in [5.41, 5.74) is 1.55. The number of carbonyl (C=O) groups is 1. The first-order chi connectivity index (χ1) is 15.7. The first-order valence-corrected chi connectivity index (χ1v) is 10.2. The number of hydrogen-bond donors (Lipinski definition) is 2. The van der Waals surface area contributed by atoms with Crippen LogP contribution < -0.4 is 15.5 Å². The second-order valence-corrected chi connectivity index (χ2v) is 7.28. The fraction of sp³-hybridized carbons (Fsp3) is 0.174. The minimum atomic E-state index is -0.623. The largest absolute Gasteiger partial charge is 0.399 e. The van der Waals surface area contributed by atoms with Gasteiger partial charge in [-0.2, -0.15) is 0 Å². The number of fused-ring (bicyclic) bond motifs is 1. The molecule has 9 heteroatoms. The summed E-state index contributed by atoms with van der Waals surface area (Å²) in [7, 11) is 0. The average molecular weight is 433 g/mol. The summed E-state index contributed by atoms with van der Waals surface area (Å²) < 4.78 is 25.3. The Bertz CT molecular complexity index is 1260. The molecule has 1 fully saturated rings. The van der Waals surface area contributed by atoms with E-state index in [-0.39, 0.29) is 11.9 Å².